The van der Waals surface area contributed by atoms with Gasteiger partial charge in [0.15, 0.2) is 0 Å². The molecule has 0 aromatic carbocycles. The highest BCUT2D eigenvalue weighted by atomic mass is 19.5. The quantitative estimate of drug-likeness (QED) is 0.101. The molecule has 0 aromatic heterocycles. The molecule has 0 heterocycles. The van der Waals surface area contributed by atoms with Crippen molar-refractivity contribution in [1.82, 2.24) is 0 Å². The number of hydrogen-bond donors (Lipinski definition) is 0. The predicted molar refractivity (Wildman–Crippen MR) is 121 cm³/mol. The molecule has 0 N–H and O–H groups in total. The van der Waals surface area contributed by atoms with E-state index >= 15 is 0 Å². The summed E-state index contributed by atoms with van der Waals surface area (Å²) in [6, 6.07) is 0. The van der Waals surface area contributed by atoms with E-state index in [2.05, 4.69) is 0 Å². The van der Waals surface area contributed by atoms with Crippen LogP contribution in [0.5, 0.6) is 0 Å². The molecule has 0 radical (unpaired) electrons. The van der Waals surface area contributed by atoms with Gasteiger partial charge in [-0.3, -0.25) is 0 Å². The first-order valence-corrected chi connectivity index (χ1v) is 15.2. The lowest BCUT2D eigenvalue weighted by molar-refractivity contribution is -0.499. The van der Waals surface area contributed by atoms with E-state index in [0.29, 0.717) is 0 Å². The van der Waals surface area contributed by atoms with E-state index in [4.69, 9.17) is 0 Å². The first kappa shape index (κ1) is 70.5. The van der Waals surface area contributed by atoms with Gasteiger partial charge >= 0.3 is 143 Å². The standard InChI is InChI=1S/C24F50/c25-1(26,3(29,30)5(33,34)7(37,38)9(41,42)11(45,46)13(49,50)15(53,54)17(57,58)19(61,62)21(65,66)23(69,70)71)2(27,28)4(31,32)6(35,36)8(39,40)10(43,44)12(47,48)14(51,52)16(55,56)18(59,60)20(63,64)22(67,68)24(72,73)74. The van der Waals surface area contributed by atoms with Gasteiger partial charge in [0.05, 0.1) is 0 Å². The first-order chi connectivity index (χ1) is 30.8. The average molecular weight is 1240 g/mol. The molecular weight excluding hydrogens is 1240 g/mol. The molecule has 0 aliphatic rings. The lowest BCUT2D eigenvalue weighted by Crippen LogP contribution is -2.81. The van der Waals surface area contributed by atoms with Crippen molar-refractivity contribution >= 4 is 0 Å². The van der Waals surface area contributed by atoms with Crippen LogP contribution in [-0.4, -0.2) is 143 Å². The van der Waals surface area contributed by atoms with Crippen molar-refractivity contribution in [2.45, 2.75) is 143 Å². The van der Waals surface area contributed by atoms with E-state index in [9.17, 15) is 220 Å². The number of rotatable bonds is 21. The van der Waals surface area contributed by atoms with Crippen molar-refractivity contribution in [3.05, 3.63) is 0 Å². The Bertz CT molecular complexity index is 1880. The van der Waals surface area contributed by atoms with Crippen LogP contribution < -0.4 is 0 Å². The lowest BCUT2D eigenvalue weighted by atomic mass is 9.81. The van der Waals surface area contributed by atoms with Crippen molar-refractivity contribution in [3.8, 4) is 0 Å². The first-order valence-electron chi connectivity index (χ1n) is 15.2. The lowest BCUT2D eigenvalue weighted by Gasteiger charge is -2.47. The van der Waals surface area contributed by atoms with Crippen molar-refractivity contribution < 1.29 is 220 Å². The average Bonchev–Trinajstić information content (AvgIpc) is 3.15. The highest BCUT2D eigenvalue weighted by molar-refractivity contribution is 5.24. The summed E-state index contributed by atoms with van der Waals surface area (Å²) in [6.07, 6.45) is -17.3. The Labute approximate surface area is 363 Å². The van der Waals surface area contributed by atoms with Crippen LogP contribution in [0.2, 0.25) is 0 Å². The van der Waals surface area contributed by atoms with Crippen molar-refractivity contribution in [2.24, 2.45) is 0 Å². The molecule has 0 spiro atoms. The molecule has 0 rings (SSSR count). The maximum Gasteiger partial charge on any atom is 0.460 e. The molecule has 0 saturated heterocycles. The number of hydrogen-bond acceptors (Lipinski definition) is 0. The summed E-state index contributed by atoms with van der Waals surface area (Å²) < 4.78 is 676. The third-order valence-electron chi connectivity index (χ3n) is 8.99. The van der Waals surface area contributed by atoms with Crippen LogP contribution in [0, 0.1) is 0 Å². The smallest absolute Gasteiger partial charge is 0.192 e. The van der Waals surface area contributed by atoms with Crippen LogP contribution in [0.3, 0.4) is 0 Å². The molecule has 0 bridgehead atoms. The Morgan fingerprint density at radius 1 is 0.0676 bits per heavy atom. The van der Waals surface area contributed by atoms with Crippen LogP contribution in [0.4, 0.5) is 220 Å². The summed E-state index contributed by atoms with van der Waals surface area (Å²) in [6.45, 7) is 0. The molecule has 0 saturated carbocycles. The maximum absolute atomic E-state index is 14.1. The van der Waals surface area contributed by atoms with Gasteiger partial charge in [-0.1, -0.05) is 0 Å². The normalized spacial score (nSPS) is 17.6. The number of alkyl halides is 50. The topological polar surface area (TPSA) is 0 Å². The fraction of sp³-hybridized carbons (Fsp3) is 1.00. The van der Waals surface area contributed by atoms with Gasteiger partial charge in [0, 0.05) is 0 Å². The molecule has 0 aromatic rings. The highest BCUT2D eigenvalue weighted by Gasteiger charge is 3.04. The second-order valence-electron chi connectivity index (χ2n) is 13.6. The largest absolute Gasteiger partial charge is 0.460 e. The van der Waals surface area contributed by atoms with E-state index in [-0.39, 0.29) is 0 Å². The van der Waals surface area contributed by atoms with Crippen molar-refractivity contribution in [1.29, 1.82) is 0 Å². The van der Waals surface area contributed by atoms with E-state index in [1.165, 1.54) is 0 Å². The molecule has 0 nitrogen and oxygen atoms in total. The van der Waals surface area contributed by atoms with E-state index < -0.39 is 143 Å². The summed E-state index contributed by atoms with van der Waals surface area (Å²) in [5, 5.41) is 0. The van der Waals surface area contributed by atoms with Gasteiger partial charge in [-0.2, -0.15) is 220 Å². The predicted octanol–water partition coefficient (Wildman–Crippen LogP) is 16.1. The van der Waals surface area contributed by atoms with Gasteiger partial charge in [0.2, 0.25) is 0 Å². The molecular formula is C24F50. The Morgan fingerprint density at radius 2 is 0.108 bits per heavy atom. The van der Waals surface area contributed by atoms with Gasteiger partial charge in [-0.15, -0.1) is 0 Å². The third kappa shape index (κ3) is 7.54. The van der Waals surface area contributed by atoms with E-state index in [1.807, 2.05) is 0 Å². The molecule has 0 aliphatic heterocycles. The molecule has 0 aliphatic carbocycles. The monoisotopic (exact) mass is 1240 g/mol. The Kier molecular flexibility index (Phi) is 15.7. The molecule has 0 amide bonds. The highest BCUT2D eigenvalue weighted by Crippen LogP contribution is 2.72. The van der Waals surface area contributed by atoms with Gasteiger partial charge in [-0.25, -0.2) is 0 Å². The van der Waals surface area contributed by atoms with Crippen LogP contribution in [0.25, 0.3) is 0 Å². The minimum Gasteiger partial charge on any atom is -0.192 e. The molecule has 50 heteroatoms. The van der Waals surface area contributed by atoms with Gasteiger partial charge < -0.3 is 0 Å². The summed E-state index contributed by atoms with van der Waals surface area (Å²) in [4.78, 5) is 0. The summed E-state index contributed by atoms with van der Waals surface area (Å²) in [5.74, 6) is -229. The fourth-order valence-corrected chi connectivity index (χ4v) is 4.30. The van der Waals surface area contributed by atoms with E-state index in [1.54, 1.807) is 0 Å². The van der Waals surface area contributed by atoms with Gasteiger partial charge in [0.1, 0.15) is 0 Å². The van der Waals surface area contributed by atoms with Crippen molar-refractivity contribution in [2.75, 3.05) is 0 Å². The fourth-order valence-electron chi connectivity index (χ4n) is 4.30. The Morgan fingerprint density at radius 3 is 0.149 bits per heavy atom. The SMILES string of the molecule is FC(F)(F)C(F)(F)C(F)(F)C(F)(F)C(F)(F)C(F)(F)C(F)(F)C(F)(F)C(F)(F)C(F)(F)C(F)(F)C(F)(F)C(F)(F)C(F)(F)C(F)(F)C(F)(F)C(F)(F)C(F)(F)C(F)(F)C(F)(F)C(F)(F)C(F)(F)C(F)(F)C(F)(F)F. The molecule has 0 fully saturated rings. The molecule has 74 heavy (non-hydrogen) atoms. The minimum absolute atomic E-state index is 8.63. The van der Waals surface area contributed by atoms with Gasteiger partial charge in [0.25, 0.3) is 0 Å². The molecule has 0 atom stereocenters. The van der Waals surface area contributed by atoms with Crippen LogP contribution in [-0.2, 0) is 0 Å². The van der Waals surface area contributed by atoms with Crippen LogP contribution in [0.1, 0.15) is 0 Å². The zero-order valence-electron chi connectivity index (χ0n) is 30.9. The zero-order chi connectivity index (χ0) is 62.0. The number of halogens is 50. The van der Waals surface area contributed by atoms with Gasteiger partial charge in [-0.05, 0) is 0 Å². The summed E-state index contributed by atoms with van der Waals surface area (Å²) in [7, 11) is 0. The second kappa shape index (κ2) is 16.5. The molecule has 0 unspecified atom stereocenters. The molecule has 446 valence electrons. The van der Waals surface area contributed by atoms with Crippen LogP contribution in [0.15, 0.2) is 0 Å². The van der Waals surface area contributed by atoms with Crippen LogP contribution >= 0.6 is 0 Å². The second-order valence-corrected chi connectivity index (χ2v) is 13.6. The summed E-state index contributed by atoms with van der Waals surface area (Å²) >= 11 is 0. The van der Waals surface area contributed by atoms with E-state index in [0.717, 1.165) is 0 Å². The van der Waals surface area contributed by atoms with Crippen molar-refractivity contribution in [3.63, 3.8) is 0 Å². The Balaban J connectivity index is 8.18. The summed E-state index contributed by atoms with van der Waals surface area (Å²) in [5.41, 5.74) is 0. The third-order valence-corrected chi connectivity index (χ3v) is 8.99. The Hall–Kier alpha value is -3.50. The maximum atomic E-state index is 14.1. The minimum atomic E-state index is -10.9. The zero-order valence-corrected chi connectivity index (χ0v) is 30.9.